The van der Waals surface area contributed by atoms with Gasteiger partial charge in [0.1, 0.15) is 0 Å². The number of nitrogens with zero attached hydrogens (tertiary/aromatic N) is 2. The second kappa shape index (κ2) is 14.1. The minimum atomic E-state index is 1.13. The lowest BCUT2D eigenvalue weighted by atomic mass is 10.0. The van der Waals surface area contributed by atoms with Crippen LogP contribution in [0.25, 0.3) is 23.3 Å². The fourth-order valence-electron chi connectivity index (χ4n) is 6.22. The van der Waals surface area contributed by atoms with Crippen molar-refractivity contribution in [3.05, 3.63) is 204 Å². The van der Waals surface area contributed by atoms with E-state index in [-0.39, 0.29) is 0 Å². The Morgan fingerprint density at radius 1 is 0.312 bits per heavy atom. The van der Waals surface area contributed by atoms with Gasteiger partial charge in [-0.15, -0.1) is 0 Å². The van der Waals surface area contributed by atoms with Crippen LogP contribution in [0.4, 0.5) is 34.1 Å². The summed E-state index contributed by atoms with van der Waals surface area (Å²) in [6.07, 6.45) is 4.36. The smallest absolute Gasteiger partial charge is 0.0466 e. The van der Waals surface area contributed by atoms with E-state index in [1.165, 1.54) is 33.5 Å². The minimum absolute atomic E-state index is 1.13. The van der Waals surface area contributed by atoms with Crippen LogP contribution in [0.1, 0.15) is 22.3 Å². The van der Waals surface area contributed by atoms with Gasteiger partial charge in [-0.05, 0) is 120 Å². The molecular formula is C46H38N2. The van der Waals surface area contributed by atoms with Gasteiger partial charge in [-0.3, -0.25) is 0 Å². The lowest BCUT2D eigenvalue weighted by Crippen LogP contribution is -2.10. The van der Waals surface area contributed by atoms with E-state index >= 15 is 0 Å². The summed E-state index contributed by atoms with van der Waals surface area (Å²) in [7, 11) is 0. The standard InChI is InChI=1S/C46H38N2/c1-35-32-36(2)34-46(33-35)48(43-16-10-5-11-17-43)44-28-22-38(23-29-44)19-18-37-20-24-39(25-21-37)40-26-30-45(31-27-40)47(41-12-6-3-7-13-41)42-14-8-4-9-15-42/h3-34H,1-2H3. The maximum Gasteiger partial charge on any atom is 0.0466 e. The summed E-state index contributed by atoms with van der Waals surface area (Å²) in [4.78, 5) is 4.60. The first kappa shape index (κ1) is 30.5. The molecule has 0 bridgehead atoms. The molecule has 0 saturated heterocycles. The van der Waals surface area contributed by atoms with Crippen LogP contribution >= 0.6 is 0 Å². The van der Waals surface area contributed by atoms with Crippen LogP contribution in [0.3, 0.4) is 0 Å². The Morgan fingerprint density at radius 2 is 0.625 bits per heavy atom. The Kier molecular flexibility index (Phi) is 8.97. The number of hydrogen-bond donors (Lipinski definition) is 0. The van der Waals surface area contributed by atoms with Crippen LogP contribution in [-0.4, -0.2) is 0 Å². The summed E-state index contributed by atoms with van der Waals surface area (Å²) < 4.78 is 0. The average Bonchev–Trinajstić information content (AvgIpc) is 3.13. The number of hydrogen-bond acceptors (Lipinski definition) is 2. The SMILES string of the molecule is Cc1cc(C)cc(N(c2ccccc2)c2ccc(C=Cc3ccc(-c4ccc(N(c5ccccc5)c5ccccc5)cc4)cc3)cc2)c1. The van der Waals surface area contributed by atoms with E-state index in [0.717, 1.165) is 34.0 Å². The van der Waals surface area contributed by atoms with Gasteiger partial charge in [-0.2, -0.15) is 0 Å². The third-order valence-electron chi connectivity index (χ3n) is 8.50. The Bertz CT molecular complexity index is 2040. The number of benzene rings is 7. The molecule has 0 saturated carbocycles. The molecule has 7 rings (SSSR count). The van der Waals surface area contributed by atoms with Gasteiger partial charge in [0.05, 0.1) is 0 Å². The van der Waals surface area contributed by atoms with Gasteiger partial charge in [-0.25, -0.2) is 0 Å². The van der Waals surface area contributed by atoms with Crippen LogP contribution in [0.5, 0.6) is 0 Å². The Morgan fingerprint density at radius 3 is 1.04 bits per heavy atom. The van der Waals surface area contributed by atoms with Crippen molar-refractivity contribution in [3.63, 3.8) is 0 Å². The number of para-hydroxylation sites is 3. The van der Waals surface area contributed by atoms with Crippen LogP contribution in [0, 0.1) is 13.8 Å². The molecule has 0 aliphatic heterocycles. The topological polar surface area (TPSA) is 6.48 Å². The van der Waals surface area contributed by atoms with Crippen molar-refractivity contribution in [2.45, 2.75) is 13.8 Å². The highest BCUT2D eigenvalue weighted by molar-refractivity contribution is 5.80. The molecule has 2 nitrogen and oxygen atoms in total. The first-order chi connectivity index (χ1) is 23.6. The maximum absolute atomic E-state index is 2.32. The highest BCUT2D eigenvalue weighted by Crippen LogP contribution is 2.37. The van der Waals surface area contributed by atoms with Crippen molar-refractivity contribution in [1.82, 2.24) is 0 Å². The van der Waals surface area contributed by atoms with E-state index in [4.69, 9.17) is 0 Å². The average molecular weight is 619 g/mol. The third kappa shape index (κ3) is 6.99. The molecule has 0 spiro atoms. The Balaban J connectivity index is 1.07. The second-order valence-electron chi connectivity index (χ2n) is 12.1. The van der Waals surface area contributed by atoms with Crippen LogP contribution < -0.4 is 9.80 Å². The van der Waals surface area contributed by atoms with Crippen molar-refractivity contribution in [3.8, 4) is 11.1 Å². The lowest BCUT2D eigenvalue weighted by Gasteiger charge is -2.26. The summed E-state index contributed by atoms with van der Waals surface area (Å²) in [6, 6.07) is 64.7. The summed E-state index contributed by atoms with van der Waals surface area (Å²) >= 11 is 0. The maximum atomic E-state index is 2.32. The van der Waals surface area contributed by atoms with E-state index in [1.807, 2.05) is 0 Å². The molecule has 7 aromatic carbocycles. The molecule has 7 aromatic rings. The van der Waals surface area contributed by atoms with Crippen LogP contribution in [0.15, 0.2) is 182 Å². The second-order valence-corrected chi connectivity index (χ2v) is 12.1. The van der Waals surface area contributed by atoms with Gasteiger partial charge in [0.2, 0.25) is 0 Å². The van der Waals surface area contributed by atoms with E-state index < -0.39 is 0 Å². The highest BCUT2D eigenvalue weighted by Gasteiger charge is 2.14. The number of rotatable bonds is 9. The summed E-state index contributed by atoms with van der Waals surface area (Å²) in [5, 5.41) is 0. The van der Waals surface area contributed by atoms with E-state index in [1.54, 1.807) is 0 Å². The molecule has 0 N–H and O–H groups in total. The monoisotopic (exact) mass is 618 g/mol. The van der Waals surface area contributed by atoms with Crippen molar-refractivity contribution in [1.29, 1.82) is 0 Å². The number of anilines is 6. The van der Waals surface area contributed by atoms with E-state index in [9.17, 15) is 0 Å². The Hall–Kier alpha value is -6.12. The molecule has 48 heavy (non-hydrogen) atoms. The molecular weight excluding hydrogens is 581 g/mol. The molecule has 2 heteroatoms. The summed E-state index contributed by atoms with van der Waals surface area (Å²) in [5.74, 6) is 0. The van der Waals surface area contributed by atoms with Crippen LogP contribution in [0.2, 0.25) is 0 Å². The molecule has 0 atom stereocenters. The van der Waals surface area contributed by atoms with Crippen molar-refractivity contribution < 1.29 is 0 Å². The van der Waals surface area contributed by atoms with Gasteiger partial charge < -0.3 is 9.80 Å². The molecule has 0 fully saturated rings. The molecule has 0 unspecified atom stereocenters. The van der Waals surface area contributed by atoms with Gasteiger partial charge >= 0.3 is 0 Å². The van der Waals surface area contributed by atoms with Crippen LogP contribution in [-0.2, 0) is 0 Å². The van der Waals surface area contributed by atoms with Gasteiger partial charge in [0, 0.05) is 34.1 Å². The lowest BCUT2D eigenvalue weighted by molar-refractivity contribution is 1.25. The first-order valence-electron chi connectivity index (χ1n) is 16.4. The van der Waals surface area contributed by atoms with Gasteiger partial charge in [-0.1, -0.05) is 121 Å². The highest BCUT2D eigenvalue weighted by atomic mass is 15.1. The van der Waals surface area contributed by atoms with Crippen molar-refractivity contribution in [2.75, 3.05) is 9.80 Å². The third-order valence-corrected chi connectivity index (χ3v) is 8.50. The molecule has 0 aliphatic rings. The quantitative estimate of drug-likeness (QED) is 0.149. The van der Waals surface area contributed by atoms with E-state index in [2.05, 4.69) is 218 Å². The molecule has 0 heterocycles. The molecule has 0 aliphatic carbocycles. The van der Waals surface area contributed by atoms with Crippen molar-refractivity contribution >= 4 is 46.3 Å². The summed E-state index contributed by atoms with van der Waals surface area (Å²) in [5.41, 5.74) is 14.1. The fourth-order valence-corrected chi connectivity index (χ4v) is 6.22. The fraction of sp³-hybridized carbons (Fsp3) is 0.0435. The molecule has 0 radical (unpaired) electrons. The minimum Gasteiger partial charge on any atom is -0.311 e. The van der Waals surface area contributed by atoms with Gasteiger partial charge in [0.15, 0.2) is 0 Å². The normalized spacial score (nSPS) is 11.0. The predicted octanol–water partition coefficient (Wildman–Crippen LogP) is 13.1. The zero-order valence-electron chi connectivity index (χ0n) is 27.4. The molecule has 0 amide bonds. The predicted molar refractivity (Wildman–Crippen MR) is 206 cm³/mol. The number of aryl methyl sites for hydroxylation is 2. The van der Waals surface area contributed by atoms with Gasteiger partial charge in [0.25, 0.3) is 0 Å². The largest absolute Gasteiger partial charge is 0.311 e. The molecule has 0 aromatic heterocycles. The first-order valence-corrected chi connectivity index (χ1v) is 16.4. The van der Waals surface area contributed by atoms with Crippen molar-refractivity contribution in [2.24, 2.45) is 0 Å². The summed E-state index contributed by atoms with van der Waals surface area (Å²) in [6.45, 7) is 4.31. The van der Waals surface area contributed by atoms with E-state index in [0.29, 0.717) is 0 Å². The molecule has 232 valence electrons. The zero-order valence-corrected chi connectivity index (χ0v) is 27.4. The zero-order chi connectivity index (χ0) is 32.7. The Labute approximate surface area is 284 Å².